The molecule has 0 atom stereocenters. The largest absolute Gasteiger partial charge is 0.459 e. The van der Waals surface area contributed by atoms with Crippen LogP contribution in [-0.4, -0.2) is 11.5 Å². The number of hydrogen-bond donors (Lipinski definition) is 1. The summed E-state index contributed by atoms with van der Waals surface area (Å²) < 4.78 is 5.00. The molecule has 72 valence electrons. The van der Waals surface area contributed by atoms with Gasteiger partial charge in [-0.25, -0.2) is 0 Å². The van der Waals surface area contributed by atoms with Crippen LogP contribution in [0.1, 0.15) is 18.7 Å². The van der Waals surface area contributed by atoms with Crippen molar-refractivity contribution in [3.05, 3.63) is 22.4 Å². The first-order valence-electron chi connectivity index (χ1n) is 3.98. The van der Waals surface area contributed by atoms with Crippen LogP contribution in [0.25, 0.3) is 0 Å². The van der Waals surface area contributed by atoms with E-state index in [2.05, 4.69) is 0 Å². The maximum absolute atomic E-state index is 11.2. The molecule has 3 nitrogen and oxygen atoms in total. The lowest BCUT2D eigenvalue weighted by molar-refractivity contribution is -0.150. The molecule has 1 aromatic heterocycles. The third kappa shape index (κ3) is 3.16. The van der Waals surface area contributed by atoms with E-state index in [1.54, 1.807) is 25.2 Å². The van der Waals surface area contributed by atoms with Gasteiger partial charge in [0, 0.05) is 4.88 Å². The van der Waals surface area contributed by atoms with E-state index < -0.39 is 5.54 Å². The normalized spacial score (nSPS) is 11.3. The van der Waals surface area contributed by atoms with Gasteiger partial charge in [0.2, 0.25) is 0 Å². The van der Waals surface area contributed by atoms with Crippen molar-refractivity contribution in [2.24, 2.45) is 5.73 Å². The van der Waals surface area contributed by atoms with Crippen molar-refractivity contribution < 1.29 is 9.53 Å². The Morgan fingerprint density at radius 2 is 2.38 bits per heavy atom. The van der Waals surface area contributed by atoms with Gasteiger partial charge < -0.3 is 10.5 Å². The summed E-state index contributed by atoms with van der Waals surface area (Å²) in [5.41, 5.74) is 4.64. The van der Waals surface area contributed by atoms with E-state index in [4.69, 9.17) is 10.5 Å². The summed E-state index contributed by atoms with van der Waals surface area (Å²) in [6, 6.07) is 3.84. The van der Waals surface area contributed by atoms with Crippen molar-refractivity contribution in [2.45, 2.75) is 26.0 Å². The number of nitrogens with two attached hydrogens (primary N) is 1. The van der Waals surface area contributed by atoms with E-state index >= 15 is 0 Å². The fourth-order valence-electron chi connectivity index (χ4n) is 0.717. The molecule has 0 aromatic carbocycles. The van der Waals surface area contributed by atoms with Crippen LogP contribution in [0.15, 0.2) is 17.5 Å². The SMILES string of the molecule is CC(C)(N)C(=O)OCc1cccs1. The zero-order chi connectivity index (χ0) is 9.90. The van der Waals surface area contributed by atoms with Gasteiger partial charge in [0.15, 0.2) is 0 Å². The van der Waals surface area contributed by atoms with E-state index in [0.717, 1.165) is 4.88 Å². The average Bonchev–Trinajstić information content (AvgIpc) is 2.50. The summed E-state index contributed by atoms with van der Waals surface area (Å²) >= 11 is 1.56. The van der Waals surface area contributed by atoms with E-state index in [1.165, 1.54) is 0 Å². The molecule has 0 bridgehead atoms. The maximum atomic E-state index is 11.2. The Kier molecular flexibility index (Phi) is 3.06. The molecular weight excluding hydrogens is 186 g/mol. The zero-order valence-electron chi connectivity index (χ0n) is 7.74. The van der Waals surface area contributed by atoms with E-state index in [0.29, 0.717) is 6.61 Å². The highest BCUT2D eigenvalue weighted by Crippen LogP contribution is 2.11. The third-order valence-electron chi connectivity index (χ3n) is 1.45. The Hall–Kier alpha value is -0.870. The van der Waals surface area contributed by atoms with Crippen molar-refractivity contribution in [1.82, 2.24) is 0 Å². The highest BCUT2D eigenvalue weighted by Gasteiger charge is 2.23. The maximum Gasteiger partial charge on any atom is 0.325 e. The molecule has 1 heterocycles. The Morgan fingerprint density at radius 1 is 1.69 bits per heavy atom. The number of thiophene rings is 1. The molecule has 0 aliphatic rings. The molecule has 1 aromatic rings. The Labute approximate surface area is 81.5 Å². The quantitative estimate of drug-likeness (QED) is 0.751. The predicted octanol–water partition coefficient (Wildman–Crippen LogP) is 1.53. The monoisotopic (exact) mass is 199 g/mol. The van der Waals surface area contributed by atoms with Crippen molar-refractivity contribution in [1.29, 1.82) is 0 Å². The fraction of sp³-hybridized carbons (Fsp3) is 0.444. The number of hydrogen-bond acceptors (Lipinski definition) is 4. The minimum atomic E-state index is -0.905. The molecule has 0 saturated heterocycles. The first kappa shape index (κ1) is 10.2. The number of esters is 1. The fourth-order valence-corrected chi connectivity index (χ4v) is 1.33. The van der Waals surface area contributed by atoms with Crippen molar-refractivity contribution in [2.75, 3.05) is 0 Å². The van der Waals surface area contributed by atoms with Crippen LogP contribution in [0.5, 0.6) is 0 Å². The molecule has 2 N–H and O–H groups in total. The van der Waals surface area contributed by atoms with E-state index in [1.807, 2.05) is 17.5 Å². The van der Waals surface area contributed by atoms with Crippen LogP contribution in [0, 0.1) is 0 Å². The summed E-state index contributed by atoms with van der Waals surface area (Å²) in [6.07, 6.45) is 0. The molecule has 0 saturated carbocycles. The highest BCUT2D eigenvalue weighted by molar-refractivity contribution is 7.09. The molecule has 0 aliphatic heterocycles. The van der Waals surface area contributed by atoms with Crippen LogP contribution in [0.2, 0.25) is 0 Å². The van der Waals surface area contributed by atoms with Gasteiger partial charge in [-0.3, -0.25) is 4.79 Å². The molecule has 0 fully saturated rings. The molecule has 0 spiro atoms. The molecule has 1 rings (SSSR count). The van der Waals surface area contributed by atoms with Gasteiger partial charge in [0.1, 0.15) is 12.1 Å². The molecule has 13 heavy (non-hydrogen) atoms. The van der Waals surface area contributed by atoms with Crippen LogP contribution >= 0.6 is 11.3 Å². The average molecular weight is 199 g/mol. The Bertz CT molecular complexity index is 274. The van der Waals surface area contributed by atoms with Gasteiger partial charge in [-0.15, -0.1) is 11.3 Å². The zero-order valence-corrected chi connectivity index (χ0v) is 8.56. The van der Waals surface area contributed by atoms with Crippen LogP contribution in [-0.2, 0) is 16.1 Å². The molecule has 0 aliphatic carbocycles. The number of ether oxygens (including phenoxy) is 1. The molecule has 0 unspecified atom stereocenters. The van der Waals surface area contributed by atoms with Gasteiger partial charge in [-0.1, -0.05) is 6.07 Å². The molecule has 0 radical (unpaired) electrons. The minimum Gasteiger partial charge on any atom is -0.459 e. The smallest absolute Gasteiger partial charge is 0.325 e. The Morgan fingerprint density at radius 3 is 2.85 bits per heavy atom. The lowest BCUT2D eigenvalue weighted by Crippen LogP contribution is -2.42. The summed E-state index contributed by atoms with van der Waals surface area (Å²) in [5.74, 6) is -0.374. The summed E-state index contributed by atoms with van der Waals surface area (Å²) in [6.45, 7) is 3.57. The summed E-state index contributed by atoms with van der Waals surface area (Å²) in [4.78, 5) is 12.2. The standard InChI is InChI=1S/C9H13NO2S/c1-9(2,10)8(11)12-6-7-4-3-5-13-7/h3-5H,6,10H2,1-2H3. The highest BCUT2D eigenvalue weighted by atomic mass is 32.1. The van der Waals surface area contributed by atoms with Crippen LogP contribution in [0.3, 0.4) is 0 Å². The van der Waals surface area contributed by atoms with Gasteiger partial charge in [0.25, 0.3) is 0 Å². The van der Waals surface area contributed by atoms with Crippen LogP contribution in [0.4, 0.5) is 0 Å². The molecular formula is C9H13NO2S. The van der Waals surface area contributed by atoms with Gasteiger partial charge >= 0.3 is 5.97 Å². The second-order valence-electron chi connectivity index (χ2n) is 3.38. The lowest BCUT2D eigenvalue weighted by atomic mass is 10.1. The Balaban J connectivity index is 2.40. The summed E-state index contributed by atoms with van der Waals surface area (Å²) in [5, 5.41) is 1.94. The number of rotatable bonds is 3. The van der Waals surface area contributed by atoms with Gasteiger partial charge in [-0.05, 0) is 25.3 Å². The van der Waals surface area contributed by atoms with Gasteiger partial charge in [0.05, 0.1) is 0 Å². The van der Waals surface area contributed by atoms with Crippen molar-refractivity contribution in [3.63, 3.8) is 0 Å². The van der Waals surface area contributed by atoms with Crippen molar-refractivity contribution in [3.8, 4) is 0 Å². The molecule has 0 amide bonds. The number of carbonyl (C=O) groups excluding carboxylic acids is 1. The van der Waals surface area contributed by atoms with Crippen LogP contribution < -0.4 is 5.73 Å². The summed E-state index contributed by atoms with van der Waals surface area (Å²) in [7, 11) is 0. The van der Waals surface area contributed by atoms with Crippen molar-refractivity contribution >= 4 is 17.3 Å². The van der Waals surface area contributed by atoms with E-state index in [-0.39, 0.29) is 5.97 Å². The third-order valence-corrected chi connectivity index (χ3v) is 2.30. The second-order valence-corrected chi connectivity index (χ2v) is 4.41. The topological polar surface area (TPSA) is 52.3 Å². The first-order chi connectivity index (χ1) is 6.00. The minimum absolute atomic E-state index is 0.317. The molecule has 4 heteroatoms. The number of carbonyl (C=O) groups is 1. The second kappa shape index (κ2) is 3.89. The van der Waals surface area contributed by atoms with Gasteiger partial charge in [-0.2, -0.15) is 0 Å². The first-order valence-corrected chi connectivity index (χ1v) is 4.86. The predicted molar refractivity (Wildman–Crippen MR) is 52.4 cm³/mol. The van der Waals surface area contributed by atoms with E-state index in [9.17, 15) is 4.79 Å². The lowest BCUT2D eigenvalue weighted by Gasteiger charge is -2.15.